The molecular formula is C18H26N4OS. The lowest BCUT2D eigenvalue weighted by Crippen LogP contribution is -2.46. The van der Waals surface area contributed by atoms with Crippen LogP contribution in [0.5, 0.6) is 0 Å². The molecule has 24 heavy (non-hydrogen) atoms. The molecule has 1 amide bonds. The van der Waals surface area contributed by atoms with E-state index in [9.17, 15) is 4.79 Å². The highest BCUT2D eigenvalue weighted by molar-refractivity contribution is 7.09. The molecule has 6 heteroatoms. The summed E-state index contributed by atoms with van der Waals surface area (Å²) in [4.78, 5) is 19.4. The molecule has 3 heterocycles. The van der Waals surface area contributed by atoms with Crippen molar-refractivity contribution >= 4 is 17.2 Å². The van der Waals surface area contributed by atoms with Gasteiger partial charge in [-0.25, -0.2) is 4.98 Å². The van der Waals surface area contributed by atoms with Crippen molar-refractivity contribution in [3.8, 4) is 0 Å². The lowest BCUT2D eigenvalue weighted by Gasteiger charge is -2.36. The highest BCUT2D eigenvalue weighted by Gasteiger charge is 2.28. The Balaban J connectivity index is 1.69. The molecule has 0 bridgehead atoms. The van der Waals surface area contributed by atoms with Crippen LogP contribution in [-0.2, 0) is 24.2 Å². The molecule has 3 rings (SSSR count). The molecule has 5 nitrogen and oxygen atoms in total. The normalized spacial score (nSPS) is 18.1. The topological polar surface area (TPSA) is 51.0 Å². The van der Waals surface area contributed by atoms with Crippen LogP contribution in [0.25, 0.3) is 0 Å². The van der Waals surface area contributed by atoms with E-state index in [1.165, 1.54) is 6.42 Å². The number of nitrogens with zero attached hydrogens (tertiary/aromatic N) is 4. The summed E-state index contributed by atoms with van der Waals surface area (Å²) in [6.45, 7) is 7.84. The molecule has 1 atom stereocenters. The maximum absolute atomic E-state index is 12.8. The first kappa shape index (κ1) is 17.1. The first-order chi connectivity index (χ1) is 11.6. The van der Waals surface area contributed by atoms with Crippen molar-refractivity contribution in [1.29, 1.82) is 0 Å². The minimum absolute atomic E-state index is 0.203. The second-order valence-electron chi connectivity index (χ2n) is 6.61. The number of hydrogen-bond acceptors (Lipinski definition) is 4. The summed E-state index contributed by atoms with van der Waals surface area (Å²) in [5, 5.41) is 7.70. The zero-order chi connectivity index (χ0) is 17.1. The number of carbonyl (C=O) groups excluding carboxylic acids is 1. The quantitative estimate of drug-likeness (QED) is 0.836. The van der Waals surface area contributed by atoms with Crippen molar-refractivity contribution in [2.24, 2.45) is 0 Å². The Hall–Kier alpha value is -1.69. The second-order valence-corrected chi connectivity index (χ2v) is 7.55. The molecule has 1 saturated heterocycles. The van der Waals surface area contributed by atoms with Crippen LogP contribution < -0.4 is 0 Å². The van der Waals surface area contributed by atoms with E-state index in [-0.39, 0.29) is 11.9 Å². The molecule has 1 aliphatic heterocycles. The number of aryl methyl sites for hydroxylation is 3. The number of amides is 1. The van der Waals surface area contributed by atoms with Gasteiger partial charge < -0.3 is 4.90 Å². The van der Waals surface area contributed by atoms with Crippen molar-refractivity contribution in [2.75, 3.05) is 6.54 Å². The molecular weight excluding hydrogens is 320 g/mol. The predicted molar refractivity (Wildman–Crippen MR) is 96.2 cm³/mol. The first-order valence-corrected chi connectivity index (χ1v) is 9.68. The van der Waals surface area contributed by atoms with Crippen molar-refractivity contribution in [1.82, 2.24) is 19.7 Å². The van der Waals surface area contributed by atoms with E-state index < -0.39 is 0 Å². The van der Waals surface area contributed by atoms with Gasteiger partial charge >= 0.3 is 0 Å². The van der Waals surface area contributed by atoms with Crippen molar-refractivity contribution < 1.29 is 4.79 Å². The Morgan fingerprint density at radius 2 is 2.21 bits per heavy atom. The Kier molecular flexibility index (Phi) is 5.33. The van der Waals surface area contributed by atoms with Crippen LogP contribution in [0.4, 0.5) is 0 Å². The first-order valence-electron chi connectivity index (χ1n) is 8.80. The average molecular weight is 346 g/mol. The van der Waals surface area contributed by atoms with Crippen molar-refractivity contribution in [3.05, 3.63) is 33.5 Å². The zero-order valence-corrected chi connectivity index (χ0v) is 15.6. The summed E-state index contributed by atoms with van der Waals surface area (Å²) in [7, 11) is 0. The van der Waals surface area contributed by atoms with Crippen LogP contribution in [0.15, 0.2) is 11.4 Å². The SMILES string of the molecule is CCc1nc(CC(=O)N2CCCCC2Cn2nc(C)cc2C)cs1. The molecule has 2 aromatic rings. The van der Waals surface area contributed by atoms with Crippen LogP contribution >= 0.6 is 11.3 Å². The van der Waals surface area contributed by atoms with Gasteiger partial charge in [-0.1, -0.05) is 6.92 Å². The highest BCUT2D eigenvalue weighted by atomic mass is 32.1. The van der Waals surface area contributed by atoms with Gasteiger partial charge in [-0.2, -0.15) is 5.10 Å². The van der Waals surface area contributed by atoms with Gasteiger partial charge in [0.15, 0.2) is 0 Å². The van der Waals surface area contributed by atoms with E-state index in [1.54, 1.807) is 11.3 Å². The fraction of sp³-hybridized carbons (Fsp3) is 0.611. The second kappa shape index (κ2) is 7.47. The number of aromatic nitrogens is 3. The number of thiazole rings is 1. The Bertz CT molecular complexity index is 706. The van der Waals surface area contributed by atoms with Crippen molar-refractivity contribution in [2.45, 2.75) is 65.5 Å². The third kappa shape index (κ3) is 3.86. The summed E-state index contributed by atoms with van der Waals surface area (Å²) in [6.07, 6.45) is 4.69. The maximum atomic E-state index is 12.8. The Morgan fingerprint density at radius 1 is 1.38 bits per heavy atom. The lowest BCUT2D eigenvalue weighted by atomic mass is 10.0. The van der Waals surface area contributed by atoms with Gasteiger partial charge in [0.2, 0.25) is 5.91 Å². The largest absolute Gasteiger partial charge is 0.338 e. The lowest BCUT2D eigenvalue weighted by molar-refractivity contribution is -0.134. The fourth-order valence-corrected chi connectivity index (χ4v) is 4.17. The molecule has 0 saturated carbocycles. The molecule has 1 aliphatic rings. The monoisotopic (exact) mass is 346 g/mol. The van der Waals surface area contributed by atoms with E-state index in [0.717, 1.165) is 54.4 Å². The van der Waals surface area contributed by atoms with Crippen LogP contribution in [0.2, 0.25) is 0 Å². The molecule has 1 fully saturated rings. The van der Waals surface area contributed by atoms with Gasteiger partial charge in [-0.3, -0.25) is 9.48 Å². The molecule has 0 radical (unpaired) electrons. The fourth-order valence-electron chi connectivity index (χ4n) is 3.43. The van der Waals surface area contributed by atoms with Gasteiger partial charge in [0, 0.05) is 17.6 Å². The number of hydrogen-bond donors (Lipinski definition) is 0. The predicted octanol–water partition coefficient (Wildman–Crippen LogP) is 3.14. The van der Waals surface area contributed by atoms with E-state index in [2.05, 4.69) is 34.9 Å². The molecule has 0 spiro atoms. The number of rotatable bonds is 5. The summed E-state index contributed by atoms with van der Waals surface area (Å²) >= 11 is 1.65. The van der Waals surface area contributed by atoms with E-state index in [1.807, 2.05) is 17.0 Å². The summed E-state index contributed by atoms with van der Waals surface area (Å²) in [6, 6.07) is 2.34. The smallest absolute Gasteiger partial charge is 0.228 e. The standard InChI is InChI=1S/C18H26N4OS/c1-4-17-19-15(12-24-17)10-18(23)21-8-6-5-7-16(21)11-22-14(3)9-13(2)20-22/h9,12,16H,4-8,10-11H2,1-3H3. The van der Waals surface area contributed by atoms with Gasteiger partial charge in [-0.15, -0.1) is 11.3 Å². The summed E-state index contributed by atoms with van der Waals surface area (Å²) in [5.74, 6) is 0.203. The van der Waals surface area contributed by atoms with E-state index in [4.69, 9.17) is 0 Å². The average Bonchev–Trinajstić information content (AvgIpc) is 3.14. The van der Waals surface area contributed by atoms with Crippen LogP contribution in [-0.4, -0.2) is 38.2 Å². The molecule has 0 aliphatic carbocycles. The van der Waals surface area contributed by atoms with Gasteiger partial charge in [0.1, 0.15) is 0 Å². The Morgan fingerprint density at radius 3 is 2.88 bits per heavy atom. The maximum Gasteiger partial charge on any atom is 0.228 e. The minimum Gasteiger partial charge on any atom is -0.338 e. The van der Waals surface area contributed by atoms with Crippen LogP contribution in [0, 0.1) is 13.8 Å². The Labute approximate surface area is 147 Å². The number of likely N-dealkylation sites (tertiary alicyclic amines) is 1. The molecule has 130 valence electrons. The van der Waals surface area contributed by atoms with E-state index >= 15 is 0 Å². The summed E-state index contributed by atoms with van der Waals surface area (Å²) < 4.78 is 2.05. The van der Waals surface area contributed by atoms with Gasteiger partial charge in [-0.05, 0) is 45.6 Å². The number of piperidine rings is 1. The highest BCUT2D eigenvalue weighted by Crippen LogP contribution is 2.21. The van der Waals surface area contributed by atoms with Crippen molar-refractivity contribution in [3.63, 3.8) is 0 Å². The van der Waals surface area contributed by atoms with Crippen LogP contribution in [0.3, 0.4) is 0 Å². The zero-order valence-electron chi connectivity index (χ0n) is 14.8. The van der Waals surface area contributed by atoms with E-state index in [0.29, 0.717) is 6.42 Å². The van der Waals surface area contributed by atoms with Crippen LogP contribution in [0.1, 0.15) is 48.3 Å². The minimum atomic E-state index is 0.203. The molecule has 1 unspecified atom stereocenters. The molecule has 2 aromatic heterocycles. The number of carbonyl (C=O) groups is 1. The third-order valence-corrected chi connectivity index (χ3v) is 5.71. The third-order valence-electron chi connectivity index (χ3n) is 4.67. The molecule has 0 aromatic carbocycles. The van der Waals surface area contributed by atoms with Gasteiger partial charge in [0.25, 0.3) is 0 Å². The molecule has 0 N–H and O–H groups in total. The summed E-state index contributed by atoms with van der Waals surface area (Å²) in [5.41, 5.74) is 3.12. The van der Waals surface area contributed by atoms with Gasteiger partial charge in [0.05, 0.1) is 35.4 Å².